The molecule has 1 atom stereocenters. The third kappa shape index (κ3) is 4.39. The fourth-order valence-electron chi connectivity index (χ4n) is 2.01. The summed E-state index contributed by atoms with van der Waals surface area (Å²) in [5, 5.41) is 3.45. The van der Waals surface area contributed by atoms with Crippen LogP contribution in [0.2, 0.25) is 0 Å². The highest BCUT2D eigenvalue weighted by Gasteiger charge is 2.16. The van der Waals surface area contributed by atoms with Gasteiger partial charge in [-0.2, -0.15) is 0 Å². The van der Waals surface area contributed by atoms with Crippen LogP contribution in [-0.4, -0.2) is 44.3 Å². The van der Waals surface area contributed by atoms with Crippen LogP contribution in [0.4, 0.5) is 0 Å². The number of likely N-dealkylation sites (N-methyl/N-ethyl adjacent to an activating group) is 1. The Hall–Kier alpha value is -0.420. The van der Waals surface area contributed by atoms with Crippen molar-refractivity contribution in [3.8, 4) is 0 Å². The lowest BCUT2D eigenvalue weighted by Gasteiger charge is -2.30. The second kappa shape index (κ2) is 6.50. The molecule has 1 N–H and O–H groups in total. The maximum absolute atomic E-state index is 5.70. The van der Waals surface area contributed by atoms with Crippen LogP contribution >= 0.6 is 15.9 Å². The molecule has 0 aromatic heterocycles. The number of hydrogen-bond acceptors (Lipinski definition) is 3. The number of nitrogens with one attached hydrogen (secondary N) is 1. The molecule has 0 spiro atoms. The van der Waals surface area contributed by atoms with E-state index in [9.17, 15) is 0 Å². The summed E-state index contributed by atoms with van der Waals surface area (Å²) in [7, 11) is 2.14. The average Bonchev–Trinajstić information content (AvgIpc) is 2.29. The van der Waals surface area contributed by atoms with Crippen molar-refractivity contribution >= 4 is 15.9 Å². The van der Waals surface area contributed by atoms with Crippen molar-refractivity contribution in [2.75, 3.05) is 33.3 Å². The summed E-state index contributed by atoms with van der Waals surface area (Å²) in [6.45, 7) is 4.72. The monoisotopic (exact) mass is 298 g/mol. The molecule has 2 rings (SSSR count). The third-order valence-corrected chi connectivity index (χ3v) is 3.43. The predicted molar refractivity (Wildman–Crippen MR) is 73.1 cm³/mol. The first-order chi connectivity index (χ1) is 8.24. The molecule has 0 unspecified atom stereocenters. The quantitative estimate of drug-likeness (QED) is 0.918. The lowest BCUT2D eigenvalue weighted by atomic mass is 10.2. The minimum Gasteiger partial charge on any atom is -0.374 e. The number of benzene rings is 1. The van der Waals surface area contributed by atoms with Gasteiger partial charge in [-0.25, -0.2) is 0 Å². The predicted octanol–water partition coefficient (Wildman–Crippen LogP) is 1.87. The van der Waals surface area contributed by atoms with Crippen molar-refractivity contribution in [2.45, 2.75) is 12.6 Å². The molecule has 1 saturated heterocycles. The molecule has 1 aromatic carbocycles. The van der Waals surface area contributed by atoms with Gasteiger partial charge in [0.05, 0.1) is 12.7 Å². The Kier molecular flexibility index (Phi) is 4.98. The molecule has 1 heterocycles. The van der Waals surface area contributed by atoms with Crippen LogP contribution in [-0.2, 0) is 11.3 Å². The SMILES string of the molecule is CN1CCO[C@@H](CNCc2cccc(Br)c2)C1. The largest absolute Gasteiger partial charge is 0.374 e. The van der Waals surface area contributed by atoms with Gasteiger partial charge in [-0.1, -0.05) is 28.1 Å². The zero-order valence-corrected chi connectivity index (χ0v) is 11.7. The lowest BCUT2D eigenvalue weighted by molar-refractivity contribution is -0.0182. The zero-order valence-electron chi connectivity index (χ0n) is 10.2. The van der Waals surface area contributed by atoms with Crippen LogP contribution in [0.3, 0.4) is 0 Å². The normalized spacial score (nSPS) is 21.6. The van der Waals surface area contributed by atoms with Crippen molar-refractivity contribution in [3.05, 3.63) is 34.3 Å². The van der Waals surface area contributed by atoms with Crippen LogP contribution in [0, 0.1) is 0 Å². The topological polar surface area (TPSA) is 24.5 Å². The molecule has 17 heavy (non-hydrogen) atoms. The van der Waals surface area contributed by atoms with Gasteiger partial charge in [0, 0.05) is 30.7 Å². The molecule has 1 aromatic rings. The Balaban J connectivity index is 1.72. The van der Waals surface area contributed by atoms with Gasteiger partial charge in [-0.05, 0) is 24.7 Å². The minimum absolute atomic E-state index is 0.320. The highest BCUT2D eigenvalue weighted by Crippen LogP contribution is 2.11. The molecule has 0 bridgehead atoms. The number of rotatable bonds is 4. The van der Waals surface area contributed by atoms with E-state index in [1.807, 2.05) is 6.07 Å². The molecule has 0 amide bonds. The molecule has 1 fully saturated rings. The van der Waals surface area contributed by atoms with Gasteiger partial charge in [0.15, 0.2) is 0 Å². The Bertz CT molecular complexity index is 359. The van der Waals surface area contributed by atoms with E-state index >= 15 is 0 Å². The van der Waals surface area contributed by atoms with E-state index in [1.165, 1.54) is 5.56 Å². The average molecular weight is 299 g/mol. The maximum atomic E-state index is 5.70. The summed E-state index contributed by atoms with van der Waals surface area (Å²) in [5.41, 5.74) is 1.29. The van der Waals surface area contributed by atoms with Gasteiger partial charge in [0.25, 0.3) is 0 Å². The van der Waals surface area contributed by atoms with Gasteiger partial charge >= 0.3 is 0 Å². The standard InChI is InChI=1S/C13H19BrN2O/c1-16-5-6-17-13(10-16)9-15-8-11-3-2-4-12(14)7-11/h2-4,7,13,15H,5-6,8-10H2,1H3/t13-/m0/s1. The summed E-state index contributed by atoms with van der Waals surface area (Å²) in [5.74, 6) is 0. The highest BCUT2D eigenvalue weighted by molar-refractivity contribution is 9.10. The Morgan fingerprint density at radius 3 is 3.18 bits per heavy atom. The second-order valence-corrected chi connectivity index (χ2v) is 5.43. The van der Waals surface area contributed by atoms with Crippen LogP contribution < -0.4 is 5.32 Å². The molecule has 0 radical (unpaired) electrons. The molecule has 94 valence electrons. The van der Waals surface area contributed by atoms with Gasteiger partial charge in [-0.3, -0.25) is 0 Å². The van der Waals surface area contributed by atoms with Crippen molar-refractivity contribution in [1.82, 2.24) is 10.2 Å². The van der Waals surface area contributed by atoms with E-state index in [0.717, 1.165) is 37.3 Å². The number of ether oxygens (including phenoxy) is 1. The minimum atomic E-state index is 0.320. The third-order valence-electron chi connectivity index (χ3n) is 2.93. The Labute approximate surface area is 111 Å². The van der Waals surface area contributed by atoms with Crippen molar-refractivity contribution in [3.63, 3.8) is 0 Å². The van der Waals surface area contributed by atoms with Crippen LogP contribution in [0.5, 0.6) is 0 Å². The highest BCUT2D eigenvalue weighted by atomic mass is 79.9. The van der Waals surface area contributed by atoms with Crippen molar-refractivity contribution in [1.29, 1.82) is 0 Å². The van der Waals surface area contributed by atoms with Crippen LogP contribution in [0.1, 0.15) is 5.56 Å². The van der Waals surface area contributed by atoms with Gasteiger partial charge < -0.3 is 15.0 Å². The first kappa shape index (κ1) is 13.0. The van der Waals surface area contributed by atoms with Gasteiger partial charge in [0.1, 0.15) is 0 Å². The summed E-state index contributed by atoms with van der Waals surface area (Å²) in [6, 6.07) is 8.38. The Morgan fingerprint density at radius 2 is 2.41 bits per heavy atom. The van der Waals surface area contributed by atoms with E-state index < -0.39 is 0 Å². The maximum Gasteiger partial charge on any atom is 0.0826 e. The fourth-order valence-corrected chi connectivity index (χ4v) is 2.46. The van der Waals surface area contributed by atoms with Crippen molar-refractivity contribution in [2.24, 2.45) is 0 Å². The molecule has 0 saturated carbocycles. The van der Waals surface area contributed by atoms with Crippen molar-refractivity contribution < 1.29 is 4.74 Å². The van der Waals surface area contributed by atoms with Crippen LogP contribution in [0.25, 0.3) is 0 Å². The number of morpholine rings is 1. The molecule has 4 heteroatoms. The summed E-state index contributed by atoms with van der Waals surface area (Å²) < 4.78 is 6.83. The Morgan fingerprint density at radius 1 is 1.53 bits per heavy atom. The van der Waals surface area contributed by atoms with Gasteiger partial charge in [0.2, 0.25) is 0 Å². The van der Waals surface area contributed by atoms with E-state index in [2.05, 4.69) is 51.4 Å². The molecule has 3 nitrogen and oxygen atoms in total. The van der Waals surface area contributed by atoms with E-state index in [0.29, 0.717) is 6.10 Å². The zero-order chi connectivity index (χ0) is 12.1. The summed E-state index contributed by atoms with van der Waals surface area (Å²) >= 11 is 3.48. The van der Waals surface area contributed by atoms with E-state index in [-0.39, 0.29) is 0 Å². The summed E-state index contributed by atoms with van der Waals surface area (Å²) in [6.07, 6.45) is 0.320. The van der Waals surface area contributed by atoms with Gasteiger partial charge in [-0.15, -0.1) is 0 Å². The number of hydrogen-bond donors (Lipinski definition) is 1. The number of nitrogens with zero attached hydrogens (tertiary/aromatic N) is 1. The van der Waals surface area contributed by atoms with E-state index in [4.69, 9.17) is 4.74 Å². The van der Waals surface area contributed by atoms with Crippen LogP contribution in [0.15, 0.2) is 28.7 Å². The second-order valence-electron chi connectivity index (χ2n) is 4.52. The molecular formula is C13H19BrN2O. The van der Waals surface area contributed by atoms with E-state index in [1.54, 1.807) is 0 Å². The number of halogens is 1. The first-order valence-electron chi connectivity index (χ1n) is 5.99. The first-order valence-corrected chi connectivity index (χ1v) is 6.78. The molecular weight excluding hydrogens is 280 g/mol. The molecule has 1 aliphatic rings. The summed E-state index contributed by atoms with van der Waals surface area (Å²) in [4.78, 5) is 2.31. The lowest BCUT2D eigenvalue weighted by Crippen LogP contribution is -2.44. The fraction of sp³-hybridized carbons (Fsp3) is 0.538. The smallest absolute Gasteiger partial charge is 0.0826 e. The molecule has 0 aliphatic carbocycles. The molecule has 1 aliphatic heterocycles.